The van der Waals surface area contributed by atoms with Crippen LogP contribution in [0.5, 0.6) is 0 Å². The molecule has 0 radical (unpaired) electrons. The summed E-state index contributed by atoms with van der Waals surface area (Å²) in [6.45, 7) is 6.21. The molecule has 0 spiro atoms. The van der Waals surface area contributed by atoms with Crippen LogP contribution in [-0.2, 0) is 24.3 Å². The van der Waals surface area contributed by atoms with Crippen LogP contribution in [0.2, 0.25) is 0 Å². The van der Waals surface area contributed by atoms with Crippen LogP contribution < -0.4 is 0 Å². The van der Waals surface area contributed by atoms with E-state index in [9.17, 15) is 0 Å². The van der Waals surface area contributed by atoms with Gasteiger partial charge < -0.3 is 4.74 Å². The highest BCUT2D eigenvalue weighted by atomic mass is 17.4. The Morgan fingerprint density at radius 2 is 1.75 bits per heavy atom. The SMILES string of the molecule is CC1(C)C#CC(C)(C2(CC3CO3)OO2)OO1. The van der Waals surface area contributed by atoms with Crippen molar-refractivity contribution in [2.24, 2.45) is 0 Å². The van der Waals surface area contributed by atoms with E-state index >= 15 is 0 Å². The van der Waals surface area contributed by atoms with E-state index in [-0.39, 0.29) is 6.10 Å². The van der Waals surface area contributed by atoms with Crippen molar-refractivity contribution in [2.75, 3.05) is 6.61 Å². The Morgan fingerprint density at radius 3 is 2.19 bits per heavy atom. The van der Waals surface area contributed by atoms with Crippen molar-refractivity contribution in [2.45, 2.75) is 50.3 Å². The molecule has 0 aliphatic carbocycles. The lowest BCUT2D eigenvalue weighted by molar-refractivity contribution is -0.396. The van der Waals surface area contributed by atoms with Crippen molar-refractivity contribution >= 4 is 0 Å². The topological polar surface area (TPSA) is 56.0 Å². The lowest BCUT2D eigenvalue weighted by atomic mass is 9.91. The van der Waals surface area contributed by atoms with E-state index < -0.39 is 17.0 Å². The predicted molar refractivity (Wildman–Crippen MR) is 51.7 cm³/mol. The van der Waals surface area contributed by atoms with Crippen molar-refractivity contribution in [1.82, 2.24) is 0 Å². The zero-order valence-electron chi connectivity index (χ0n) is 9.53. The molecule has 3 heterocycles. The standard InChI is InChI=1S/C11H14O5/c1-9(2)4-5-10(3,14-13-9)11(15-16-11)6-8-7-12-8/h8H,6-7H2,1-3H3. The van der Waals surface area contributed by atoms with E-state index in [0.717, 1.165) is 6.61 Å². The summed E-state index contributed by atoms with van der Waals surface area (Å²) in [5.74, 6) is 5.17. The maximum absolute atomic E-state index is 5.36. The summed E-state index contributed by atoms with van der Waals surface area (Å²) >= 11 is 0. The molecule has 0 aromatic heterocycles. The van der Waals surface area contributed by atoms with Gasteiger partial charge in [0.1, 0.15) is 0 Å². The third kappa shape index (κ3) is 1.63. The summed E-state index contributed by atoms with van der Waals surface area (Å²) in [7, 11) is 0. The highest BCUT2D eigenvalue weighted by Gasteiger charge is 2.68. The van der Waals surface area contributed by atoms with Crippen LogP contribution in [0.15, 0.2) is 0 Å². The average molecular weight is 226 g/mol. The first-order chi connectivity index (χ1) is 7.45. The molecule has 0 bridgehead atoms. The molecule has 2 fully saturated rings. The highest BCUT2D eigenvalue weighted by Crippen LogP contribution is 2.49. The largest absolute Gasteiger partial charge is 0.373 e. The molecule has 3 aliphatic rings. The first-order valence-electron chi connectivity index (χ1n) is 5.34. The highest BCUT2D eigenvalue weighted by molar-refractivity contribution is 5.26. The van der Waals surface area contributed by atoms with Gasteiger partial charge >= 0.3 is 0 Å². The van der Waals surface area contributed by atoms with Gasteiger partial charge in [0.25, 0.3) is 5.79 Å². The third-order valence-electron chi connectivity index (χ3n) is 2.93. The third-order valence-corrected chi connectivity index (χ3v) is 2.93. The van der Waals surface area contributed by atoms with E-state index in [4.69, 9.17) is 24.3 Å². The zero-order valence-corrected chi connectivity index (χ0v) is 9.53. The van der Waals surface area contributed by atoms with E-state index in [2.05, 4.69) is 11.8 Å². The Hall–Kier alpha value is -0.640. The Morgan fingerprint density at radius 1 is 1.06 bits per heavy atom. The molecule has 3 rings (SSSR count). The van der Waals surface area contributed by atoms with Gasteiger partial charge in [-0.3, -0.25) is 0 Å². The summed E-state index contributed by atoms with van der Waals surface area (Å²) in [6.07, 6.45) is 0.793. The van der Waals surface area contributed by atoms with Gasteiger partial charge in [-0.2, -0.15) is 9.78 Å². The normalized spacial score (nSPS) is 42.1. The van der Waals surface area contributed by atoms with Crippen LogP contribution in [0.4, 0.5) is 0 Å². The minimum Gasteiger partial charge on any atom is -0.373 e. The molecule has 0 aromatic carbocycles. The maximum atomic E-state index is 5.36. The van der Waals surface area contributed by atoms with Crippen LogP contribution in [0.1, 0.15) is 27.2 Å². The van der Waals surface area contributed by atoms with Crippen molar-refractivity contribution in [1.29, 1.82) is 0 Å². The number of rotatable bonds is 3. The zero-order chi connectivity index (χ0) is 11.4. The second kappa shape index (κ2) is 2.97. The van der Waals surface area contributed by atoms with Crippen LogP contribution >= 0.6 is 0 Å². The van der Waals surface area contributed by atoms with E-state index in [0.29, 0.717) is 6.42 Å². The minimum absolute atomic E-state index is 0.180. The first-order valence-corrected chi connectivity index (χ1v) is 5.34. The number of hydrogen-bond donors (Lipinski definition) is 0. The van der Waals surface area contributed by atoms with Crippen molar-refractivity contribution < 1.29 is 24.3 Å². The van der Waals surface area contributed by atoms with Gasteiger partial charge in [-0.1, -0.05) is 11.8 Å². The molecule has 2 saturated heterocycles. The van der Waals surface area contributed by atoms with Crippen LogP contribution in [-0.4, -0.2) is 29.7 Å². The van der Waals surface area contributed by atoms with Gasteiger partial charge in [0.05, 0.1) is 12.7 Å². The second-order valence-corrected chi connectivity index (χ2v) is 5.04. The molecule has 5 nitrogen and oxygen atoms in total. The Kier molecular flexibility index (Phi) is 1.95. The molecule has 88 valence electrons. The first kappa shape index (κ1) is 10.5. The van der Waals surface area contributed by atoms with Gasteiger partial charge in [0, 0.05) is 6.42 Å². The predicted octanol–water partition coefficient (Wildman–Crippen LogP) is 0.936. The lowest BCUT2D eigenvalue weighted by Gasteiger charge is -2.32. The monoisotopic (exact) mass is 226 g/mol. The summed E-state index contributed by atoms with van der Waals surface area (Å²) < 4.78 is 5.16. The van der Waals surface area contributed by atoms with Crippen molar-refractivity contribution in [3.05, 3.63) is 0 Å². The Balaban J connectivity index is 1.81. The maximum Gasteiger partial charge on any atom is 0.279 e. The van der Waals surface area contributed by atoms with Crippen molar-refractivity contribution in [3.63, 3.8) is 0 Å². The van der Waals surface area contributed by atoms with Gasteiger partial charge in [0.2, 0.25) is 5.60 Å². The molecule has 0 amide bonds. The molecule has 0 saturated carbocycles. The molecule has 2 atom stereocenters. The quantitative estimate of drug-likeness (QED) is 0.407. The van der Waals surface area contributed by atoms with Crippen LogP contribution in [0.25, 0.3) is 0 Å². The Bertz CT molecular complexity index is 372. The smallest absolute Gasteiger partial charge is 0.279 e. The Labute approximate surface area is 93.8 Å². The molecule has 3 aliphatic heterocycles. The van der Waals surface area contributed by atoms with E-state index in [1.165, 1.54) is 0 Å². The van der Waals surface area contributed by atoms with Crippen LogP contribution in [0, 0.1) is 11.8 Å². The molecule has 0 aromatic rings. The average Bonchev–Trinajstić information content (AvgIpc) is 3.09. The fourth-order valence-corrected chi connectivity index (χ4v) is 1.62. The van der Waals surface area contributed by atoms with Crippen molar-refractivity contribution in [3.8, 4) is 11.8 Å². The lowest BCUT2D eigenvalue weighted by Crippen LogP contribution is -2.49. The van der Waals surface area contributed by atoms with E-state index in [1.807, 2.05) is 13.8 Å². The molecule has 0 N–H and O–H groups in total. The number of epoxide rings is 1. The van der Waals surface area contributed by atoms with Gasteiger partial charge in [-0.25, -0.2) is 9.78 Å². The number of ether oxygens (including phenoxy) is 1. The van der Waals surface area contributed by atoms with E-state index in [1.54, 1.807) is 6.92 Å². The fourth-order valence-electron chi connectivity index (χ4n) is 1.62. The molecule has 16 heavy (non-hydrogen) atoms. The van der Waals surface area contributed by atoms with Gasteiger partial charge in [0.15, 0.2) is 5.60 Å². The second-order valence-electron chi connectivity index (χ2n) is 5.04. The molecule has 2 unspecified atom stereocenters. The minimum atomic E-state index is -0.894. The van der Waals surface area contributed by atoms with Gasteiger partial charge in [-0.15, -0.1) is 0 Å². The van der Waals surface area contributed by atoms with Gasteiger partial charge in [-0.05, 0) is 20.8 Å². The molecule has 5 heteroatoms. The molecular weight excluding hydrogens is 212 g/mol. The fraction of sp³-hybridized carbons (Fsp3) is 0.818. The molecular formula is C11H14O5. The summed E-state index contributed by atoms with van der Waals surface area (Å²) in [6, 6.07) is 0. The summed E-state index contributed by atoms with van der Waals surface area (Å²) in [5.41, 5.74) is -1.49. The summed E-state index contributed by atoms with van der Waals surface area (Å²) in [5, 5.41) is 0. The summed E-state index contributed by atoms with van der Waals surface area (Å²) in [4.78, 5) is 20.7. The number of hydrogen-bond acceptors (Lipinski definition) is 5. The van der Waals surface area contributed by atoms with Crippen LogP contribution in [0.3, 0.4) is 0 Å².